The first kappa shape index (κ1) is 19.1. The molecule has 0 aliphatic carbocycles. The molecule has 1 nitrogen and oxygen atoms in total. The second-order valence-electron chi connectivity index (χ2n) is 5.04. The summed E-state index contributed by atoms with van der Waals surface area (Å²) in [6.07, 6.45) is -9.92. The Morgan fingerprint density at radius 1 is 0.960 bits per heavy atom. The van der Waals surface area contributed by atoms with E-state index in [0.717, 1.165) is 18.2 Å². The molecule has 0 spiro atoms. The number of isothiocyanates is 1. The number of hydrogen-bond acceptors (Lipinski definition) is 2. The van der Waals surface area contributed by atoms with E-state index in [4.69, 9.17) is 0 Å². The predicted octanol–water partition coefficient (Wildman–Crippen LogP) is 6.57. The van der Waals surface area contributed by atoms with E-state index >= 15 is 0 Å². The van der Waals surface area contributed by atoms with Crippen molar-refractivity contribution in [2.45, 2.75) is 19.3 Å². The van der Waals surface area contributed by atoms with Gasteiger partial charge in [-0.2, -0.15) is 31.3 Å². The summed E-state index contributed by atoms with van der Waals surface area (Å²) in [6.45, 7) is 1.17. The maximum absolute atomic E-state index is 13.8. The van der Waals surface area contributed by atoms with E-state index in [1.54, 1.807) is 0 Å². The van der Waals surface area contributed by atoms with Crippen molar-refractivity contribution in [2.75, 3.05) is 0 Å². The summed E-state index contributed by atoms with van der Waals surface area (Å²) in [5, 5.41) is 1.84. The summed E-state index contributed by atoms with van der Waals surface area (Å²) in [7, 11) is 0. The molecule has 0 saturated carbocycles. The first-order chi connectivity index (χ1) is 11.5. The Bertz CT molecular complexity index is 862. The van der Waals surface area contributed by atoms with E-state index in [1.165, 1.54) is 6.92 Å². The number of rotatable bonds is 2. The molecule has 0 heterocycles. The summed E-state index contributed by atoms with van der Waals surface area (Å²) in [4.78, 5) is 3.43. The van der Waals surface area contributed by atoms with Gasteiger partial charge in [0.25, 0.3) is 0 Å². The monoisotopic (exact) mass is 379 g/mol. The quantitative estimate of drug-likeness (QED) is 0.326. The third-order valence-corrected chi connectivity index (χ3v) is 3.51. The van der Waals surface area contributed by atoms with Crippen LogP contribution in [0.3, 0.4) is 0 Å². The zero-order valence-electron chi connectivity index (χ0n) is 12.4. The van der Waals surface area contributed by atoms with Crippen LogP contribution in [0.15, 0.2) is 35.3 Å². The van der Waals surface area contributed by atoms with E-state index in [9.17, 15) is 30.7 Å². The normalized spacial score (nSPS) is 12.0. The standard InChI is InChI=1S/C16H8F7NS/c1-8-2-3-9(6-10(8)15(18,19)20)13-12(24-7-25)5-4-11(17)14(13)16(21,22)23/h2-6H,1H3. The molecule has 132 valence electrons. The lowest BCUT2D eigenvalue weighted by Crippen LogP contribution is -2.12. The fraction of sp³-hybridized carbons (Fsp3) is 0.188. The molecule has 0 amide bonds. The molecule has 0 aromatic heterocycles. The van der Waals surface area contributed by atoms with Crippen molar-refractivity contribution in [1.82, 2.24) is 0 Å². The lowest BCUT2D eigenvalue weighted by atomic mass is 9.93. The SMILES string of the molecule is Cc1ccc(-c2c(N=C=S)ccc(F)c2C(F)(F)F)cc1C(F)(F)F. The molecule has 25 heavy (non-hydrogen) atoms. The van der Waals surface area contributed by atoms with Crippen molar-refractivity contribution < 1.29 is 30.7 Å². The Morgan fingerprint density at radius 2 is 1.60 bits per heavy atom. The minimum absolute atomic E-state index is 0.180. The van der Waals surface area contributed by atoms with E-state index in [-0.39, 0.29) is 5.56 Å². The molecule has 0 N–H and O–H groups in total. The molecule has 0 bridgehead atoms. The van der Waals surface area contributed by atoms with Gasteiger partial charge in [-0.05, 0) is 48.5 Å². The number of aryl methyl sites for hydroxylation is 1. The van der Waals surface area contributed by atoms with Crippen LogP contribution in [0.4, 0.5) is 36.4 Å². The number of benzene rings is 2. The van der Waals surface area contributed by atoms with Gasteiger partial charge in [0.05, 0.1) is 16.4 Å². The zero-order chi connectivity index (χ0) is 19.0. The molecule has 0 fully saturated rings. The van der Waals surface area contributed by atoms with E-state index in [0.29, 0.717) is 12.1 Å². The molecule has 0 unspecified atom stereocenters. The molecule has 2 aromatic carbocycles. The second-order valence-corrected chi connectivity index (χ2v) is 5.23. The summed E-state index contributed by atoms with van der Waals surface area (Å²) >= 11 is 4.35. The first-order valence-corrected chi connectivity index (χ1v) is 7.03. The highest BCUT2D eigenvalue weighted by Crippen LogP contribution is 2.45. The van der Waals surface area contributed by atoms with Crippen LogP contribution >= 0.6 is 12.2 Å². The minimum Gasteiger partial charge on any atom is -0.206 e. The molecule has 0 aliphatic rings. The van der Waals surface area contributed by atoms with Crippen LogP contribution in [0.25, 0.3) is 11.1 Å². The molecule has 0 atom stereocenters. The minimum atomic E-state index is -5.14. The van der Waals surface area contributed by atoms with Crippen molar-refractivity contribution in [3.63, 3.8) is 0 Å². The average Bonchev–Trinajstić information content (AvgIpc) is 2.47. The van der Waals surface area contributed by atoms with Gasteiger partial charge in [-0.3, -0.25) is 0 Å². The molecule has 2 rings (SSSR count). The maximum atomic E-state index is 13.8. The maximum Gasteiger partial charge on any atom is 0.419 e. The zero-order valence-corrected chi connectivity index (χ0v) is 13.2. The van der Waals surface area contributed by atoms with E-state index in [1.807, 2.05) is 5.16 Å². The van der Waals surface area contributed by atoms with Gasteiger partial charge in [-0.25, -0.2) is 4.39 Å². The summed E-state index contributed by atoms with van der Waals surface area (Å²) in [6, 6.07) is 4.00. The van der Waals surface area contributed by atoms with Crippen LogP contribution in [0.1, 0.15) is 16.7 Å². The largest absolute Gasteiger partial charge is 0.419 e. The summed E-state index contributed by atoms with van der Waals surface area (Å²) in [5.41, 5.74) is -4.75. The van der Waals surface area contributed by atoms with Crippen LogP contribution in [0, 0.1) is 12.7 Å². The van der Waals surface area contributed by atoms with E-state index < -0.39 is 46.1 Å². The Morgan fingerprint density at radius 3 is 2.12 bits per heavy atom. The van der Waals surface area contributed by atoms with Gasteiger partial charge in [-0.15, -0.1) is 0 Å². The van der Waals surface area contributed by atoms with Crippen LogP contribution in [-0.4, -0.2) is 5.16 Å². The van der Waals surface area contributed by atoms with Gasteiger partial charge >= 0.3 is 12.4 Å². The molecule has 0 radical (unpaired) electrons. The summed E-state index contributed by atoms with van der Waals surface area (Å²) in [5.74, 6) is -1.63. The van der Waals surface area contributed by atoms with Crippen LogP contribution < -0.4 is 0 Å². The third kappa shape index (κ3) is 3.88. The molecule has 0 aliphatic heterocycles. The second kappa shape index (κ2) is 6.57. The van der Waals surface area contributed by atoms with Crippen LogP contribution in [0.2, 0.25) is 0 Å². The molecule has 9 heteroatoms. The topological polar surface area (TPSA) is 12.4 Å². The number of aliphatic imine (C=N–C) groups is 1. The molecular formula is C16H8F7NS. The Labute approximate surface area is 142 Å². The van der Waals surface area contributed by atoms with Gasteiger partial charge in [0.1, 0.15) is 11.4 Å². The predicted molar refractivity (Wildman–Crippen MR) is 81.3 cm³/mol. The van der Waals surface area contributed by atoms with Gasteiger partial charge in [0.2, 0.25) is 0 Å². The fourth-order valence-corrected chi connectivity index (χ4v) is 2.46. The van der Waals surface area contributed by atoms with Crippen LogP contribution in [0.5, 0.6) is 0 Å². The molecular weight excluding hydrogens is 371 g/mol. The number of thiocarbonyl (C=S) groups is 1. The number of nitrogens with zero attached hydrogens (tertiary/aromatic N) is 1. The first-order valence-electron chi connectivity index (χ1n) is 6.62. The number of halogens is 7. The van der Waals surface area contributed by atoms with Gasteiger partial charge < -0.3 is 0 Å². The van der Waals surface area contributed by atoms with E-state index in [2.05, 4.69) is 17.2 Å². The highest BCUT2D eigenvalue weighted by Gasteiger charge is 2.39. The Hall–Kier alpha value is -2.25. The van der Waals surface area contributed by atoms with Gasteiger partial charge in [-0.1, -0.05) is 12.1 Å². The number of hydrogen-bond donors (Lipinski definition) is 0. The Kier molecular flexibility index (Phi) is 5.02. The smallest absolute Gasteiger partial charge is 0.206 e. The highest BCUT2D eigenvalue weighted by atomic mass is 32.1. The third-order valence-electron chi connectivity index (χ3n) is 3.41. The average molecular weight is 379 g/mol. The van der Waals surface area contributed by atoms with Crippen molar-refractivity contribution >= 4 is 23.1 Å². The van der Waals surface area contributed by atoms with Crippen molar-refractivity contribution in [1.29, 1.82) is 0 Å². The van der Waals surface area contributed by atoms with Gasteiger partial charge in [0, 0.05) is 5.56 Å². The molecule has 2 aromatic rings. The molecule has 0 saturated heterocycles. The van der Waals surface area contributed by atoms with Gasteiger partial charge in [0.15, 0.2) is 0 Å². The van der Waals surface area contributed by atoms with Crippen molar-refractivity contribution in [2.24, 2.45) is 4.99 Å². The highest BCUT2D eigenvalue weighted by molar-refractivity contribution is 7.78. The van der Waals surface area contributed by atoms with Crippen molar-refractivity contribution in [3.8, 4) is 11.1 Å². The number of alkyl halides is 6. The Balaban J connectivity index is 2.91. The van der Waals surface area contributed by atoms with Crippen molar-refractivity contribution in [3.05, 3.63) is 52.8 Å². The summed E-state index contributed by atoms with van der Waals surface area (Å²) < 4.78 is 92.8. The lowest BCUT2D eigenvalue weighted by Gasteiger charge is -2.18. The van der Waals surface area contributed by atoms with Crippen LogP contribution in [-0.2, 0) is 12.4 Å². The fourth-order valence-electron chi connectivity index (χ4n) is 2.36. The lowest BCUT2D eigenvalue weighted by molar-refractivity contribution is -0.139.